The molecule has 0 saturated carbocycles. The number of rotatable bonds is 2. The molecule has 7 nitrogen and oxygen atoms in total. The van der Waals surface area contributed by atoms with E-state index >= 15 is 0 Å². The molecule has 19 heavy (non-hydrogen) atoms. The Bertz CT molecular complexity index is 712. The largest absolute Gasteiger partial charge is 0.504 e. The summed E-state index contributed by atoms with van der Waals surface area (Å²) in [6, 6.07) is 5.90. The first-order chi connectivity index (χ1) is 9.24. The van der Waals surface area contributed by atoms with Gasteiger partial charge < -0.3 is 14.7 Å². The quantitative estimate of drug-likeness (QED) is 0.671. The lowest BCUT2D eigenvalue weighted by Crippen LogP contribution is -1.85. The van der Waals surface area contributed by atoms with E-state index in [0.717, 1.165) is 0 Å². The molecule has 0 radical (unpaired) electrons. The van der Waals surface area contributed by atoms with Crippen molar-refractivity contribution < 1.29 is 14.7 Å². The van der Waals surface area contributed by atoms with Crippen molar-refractivity contribution >= 4 is 0 Å². The Balaban J connectivity index is 1.99. The standard InChI is InChI=1S/C12H8N4O3/c17-9-2-1-7(5-10(9)18)12-15-11(16-19-12)8-3-4-13-6-14-8/h1-6,17-18H. The molecule has 0 aliphatic heterocycles. The molecule has 0 fully saturated rings. The van der Waals surface area contributed by atoms with E-state index in [1.54, 1.807) is 18.3 Å². The summed E-state index contributed by atoms with van der Waals surface area (Å²) in [5.74, 6) is 0.0902. The molecule has 0 bridgehead atoms. The minimum atomic E-state index is -0.251. The van der Waals surface area contributed by atoms with E-state index in [1.165, 1.54) is 18.5 Å². The van der Waals surface area contributed by atoms with Gasteiger partial charge in [0.2, 0.25) is 5.82 Å². The van der Waals surface area contributed by atoms with Crippen molar-refractivity contribution in [3.8, 4) is 34.5 Å². The Kier molecular flexibility index (Phi) is 2.57. The molecule has 3 rings (SSSR count). The molecule has 0 saturated heterocycles. The summed E-state index contributed by atoms with van der Waals surface area (Å²) in [4.78, 5) is 12.0. The molecule has 7 heteroatoms. The van der Waals surface area contributed by atoms with Crippen LogP contribution in [0.2, 0.25) is 0 Å². The Labute approximate surface area is 107 Å². The zero-order valence-corrected chi connectivity index (χ0v) is 9.56. The van der Waals surface area contributed by atoms with E-state index in [2.05, 4.69) is 20.1 Å². The molecule has 3 aromatic rings. The van der Waals surface area contributed by atoms with Crippen LogP contribution >= 0.6 is 0 Å². The van der Waals surface area contributed by atoms with E-state index in [9.17, 15) is 10.2 Å². The van der Waals surface area contributed by atoms with Crippen LogP contribution < -0.4 is 0 Å². The molecule has 2 heterocycles. The highest BCUT2D eigenvalue weighted by molar-refractivity contribution is 5.61. The van der Waals surface area contributed by atoms with Crippen LogP contribution in [0.5, 0.6) is 11.5 Å². The Hall–Kier alpha value is -2.96. The summed E-state index contributed by atoms with van der Waals surface area (Å²) in [6.45, 7) is 0. The zero-order valence-electron chi connectivity index (χ0n) is 9.56. The first kappa shape index (κ1) is 11.1. The molecular weight excluding hydrogens is 248 g/mol. The summed E-state index contributed by atoms with van der Waals surface area (Å²) in [5.41, 5.74) is 1.04. The first-order valence-electron chi connectivity index (χ1n) is 5.36. The van der Waals surface area contributed by atoms with Gasteiger partial charge in [-0.3, -0.25) is 0 Å². The predicted octanol–water partition coefficient (Wildman–Crippen LogP) is 1.60. The van der Waals surface area contributed by atoms with Crippen LogP contribution in [0.1, 0.15) is 0 Å². The number of benzene rings is 1. The monoisotopic (exact) mass is 256 g/mol. The van der Waals surface area contributed by atoms with E-state index < -0.39 is 0 Å². The van der Waals surface area contributed by atoms with Crippen molar-refractivity contribution in [2.75, 3.05) is 0 Å². The summed E-state index contributed by atoms with van der Waals surface area (Å²) in [6.07, 6.45) is 2.96. The SMILES string of the molecule is Oc1ccc(-c2nc(-c3ccncn3)no2)cc1O. The van der Waals surface area contributed by atoms with Gasteiger partial charge in [-0.05, 0) is 24.3 Å². The fourth-order valence-corrected chi connectivity index (χ4v) is 1.52. The van der Waals surface area contributed by atoms with Gasteiger partial charge in [0.05, 0.1) is 0 Å². The first-order valence-corrected chi connectivity index (χ1v) is 5.36. The molecular formula is C12H8N4O3. The van der Waals surface area contributed by atoms with Gasteiger partial charge in [0.25, 0.3) is 5.89 Å². The number of nitrogens with zero attached hydrogens (tertiary/aromatic N) is 4. The minimum Gasteiger partial charge on any atom is -0.504 e. The topological polar surface area (TPSA) is 105 Å². The van der Waals surface area contributed by atoms with Crippen molar-refractivity contribution in [2.45, 2.75) is 0 Å². The van der Waals surface area contributed by atoms with Crippen molar-refractivity contribution in [3.63, 3.8) is 0 Å². The lowest BCUT2D eigenvalue weighted by Gasteiger charge is -1.98. The fourth-order valence-electron chi connectivity index (χ4n) is 1.52. The number of aromatic nitrogens is 4. The van der Waals surface area contributed by atoms with Gasteiger partial charge in [-0.15, -0.1) is 0 Å². The van der Waals surface area contributed by atoms with E-state index in [4.69, 9.17) is 4.52 Å². The third-order valence-electron chi connectivity index (χ3n) is 2.46. The summed E-state index contributed by atoms with van der Waals surface area (Å²) in [7, 11) is 0. The second-order valence-corrected chi connectivity index (χ2v) is 3.72. The van der Waals surface area contributed by atoms with Crippen LogP contribution in [0, 0.1) is 0 Å². The minimum absolute atomic E-state index is 0.209. The molecule has 0 amide bonds. The molecule has 0 aliphatic rings. The number of phenols is 2. The average molecular weight is 256 g/mol. The van der Waals surface area contributed by atoms with Gasteiger partial charge in [-0.1, -0.05) is 5.16 Å². The summed E-state index contributed by atoms with van der Waals surface area (Å²) in [5, 5.41) is 22.5. The summed E-state index contributed by atoms with van der Waals surface area (Å²) >= 11 is 0. The van der Waals surface area contributed by atoms with Crippen molar-refractivity contribution in [3.05, 3.63) is 36.8 Å². The molecule has 2 aromatic heterocycles. The highest BCUT2D eigenvalue weighted by atomic mass is 16.5. The number of hydrogen-bond donors (Lipinski definition) is 2. The van der Waals surface area contributed by atoms with Gasteiger partial charge in [-0.25, -0.2) is 9.97 Å². The highest BCUT2D eigenvalue weighted by Crippen LogP contribution is 2.30. The van der Waals surface area contributed by atoms with Gasteiger partial charge in [0, 0.05) is 11.8 Å². The van der Waals surface area contributed by atoms with Crippen LogP contribution in [0.3, 0.4) is 0 Å². The maximum absolute atomic E-state index is 9.42. The molecule has 0 aliphatic carbocycles. The van der Waals surface area contributed by atoms with Crippen molar-refractivity contribution in [1.82, 2.24) is 20.1 Å². The lowest BCUT2D eigenvalue weighted by atomic mass is 10.2. The van der Waals surface area contributed by atoms with Crippen molar-refractivity contribution in [1.29, 1.82) is 0 Å². The number of phenolic OH excluding ortho intramolecular Hbond substituents is 2. The van der Waals surface area contributed by atoms with Gasteiger partial charge in [0.1, 0.15) is 12.0 Å². The Morgan fingerprint density at radius 2 is 1.95 bits per heavy atom. The second-order valence-electron chi connectivity index (χ2n) is 3.72. The molecule has 1 aromatic carbocycles. The fraction of sp³-hybridized carbons (Fsp3) is 0. The third-order valence-corrected chi connectivity index (χ3v) is 2.46. The van der Waals surface area contributed by atoms with E-state index in [1.807, 2.05) is 0 Å². The number of hydrogen-bond acceptors (Lipinski definition) is 7. The smallest absolute Gasteiger partial charge is 0.258 e. The van der Waals surface area contributed by atoms with Gasteiger partial charge in [0.15, 0.2) is 11.5 Å². The van der Waals surface area contributed by atoms with Crippen LogP contribution in [-0.4, -0.2) is 30.3 Å². The van der Waals surface area contributed by atoms with Crippen LogP contribution in [0.4, 0.5) is 0 Å². The lowest BCUT2D eigenvalue weighted by molar-refractivity contribution is 0.402. The molecule has 0 atom stereocenters. The van der Waals surface area contributed by atoms with Gasteiger partial charge in [-0.2, -0.15) is 4.98 Å². The van der Waals surface area contributed by atoms with Crippen molar-refractivity contribution in [2.24, 2.45) is 0 Å². The zero-order chi connectivity index (χ0) is 13.2. The normalized spacial score (nSPS) is 10.5. The second kappa shape index (κ2) is 4.37. The maximum Gasteiger partial charge on any atom is 0.258 e. The molecule has 94 valence electrons. The van der Waals surface area contributed by atoms with Crippen LogP contribution in [0.25, 0.3) is 23.0 Å². The average Bonchev–Trinajstić information content (AvgIpc) is 2.93. The number of aromatic hydroxyl groups is 2. The van der Waals surface area contributed by atoms with E-state index in [-0.39, 0.29) is 17.4 Å². The Morgan fingerprint density at radius 1 is 1.05 bits per heavy atom. The third kappa shape index (κ3) is 2.08. The predicted molar refractivity (Wildman–Crippen MR) is 64.1 cm³/mol. The molecule has 0 unspecified atom stereocenters. The maximum atomic E-state index is 9.42. The molecule has 0 spiro atoms. The summed E-state index contributed by atoms with van der Waals surface area (Å²) < 4.78 is 5.09. The van der Waals surface area contributed by atoms with Crippen LogP contribution in [-0.2, 0) is 0 Å². The van der Waals surface area contributed by atoms with E-state index in [0.29, 0.717) is 17.1 Å². The highest BCUT2D eigenvalue weighted by Gasteiger charge is 2.12. The molecule has 2 N–H and O–H groups in total. The Morgan fingerprint density at radius 3 is 2.68 bits per heavy atom. The van der Waals surface area contributed by atoms with Gasteiger partial charge >= 0.3 is 0 Å². The van der Waals surface area contributed by atoms with Crippen LogP contribution in [0.15, 0.2) is 41.3 Å².